The van der Waals surface area contributed by atoms with Crippen molar-refractivity contribution in [2.75, 3.05) is 20.8 Å². The maximum Gasteiger partial charge on any atom is 0.329 e. The van der Waals surface area contributed by atoms with Crippen LogP contribution in [0.15, 0.2) is 0 Å². The van der Waals surface area contributed by atoms with Gasteiger partial charge in [-0.3, -0.25) is 14.3 Å². The number of aryl methyl sites for hydroxylation is 2. The van der Waals surface area contributed by atoms with E-state index in [2.05, 4.69) is 5.10 Å². The Kier molecular flexibility index (Phi) is 5.26. The molecule has 1 aromatic heterocycles. The van der Waals surface area contributed by atoms with Crippen LogP contribution in [-0.2, 0) is 26.1 Å². The van der Waals surface area contributed by atoms with Crippen LogP contribution in [0.25, 0.3) is 0 Å². The summed E-state index contributed by atoms with van der Waals surface area (Å²) in [5.41, 5.74) is 1.75. The summed E-state index contributed by atoms with van der Waals surface area (Å²) in [5, 5.41) is 4.25. The van der Waals surface area contributed by atoms with E-state index in [4.69, 9.17) is 9.47 Å². The highest BCUT2D eigenvalue weighted by Crippen LogP contribution is 2.28. The summed E-state index contributed by atoms with van der Waals surface area (Å²) in [6.07, 6.45) is 1.08. The number of esters is 2. The molecule has 1 aliphatic rings. The topological polar surface area (TPSA) is 90.7 Å². The number of amides is 1. The molecule has 0 N–H and O–H groups in total. The number of hydrogen-bond donors (Lipinski definition) is 0. The van der Waals surface area contributed by atoms with Crippen LogP contribution in [0, 0.1) is 19.8 Å². The Balaban J connectivity index is 2.43. The number of hydrogen-bond acceptors (Lipinski definition) is 6. The second kappa shape index (κ2) is 7.02. The molecule has 8 nitrogen and oxygen atoms in total. The van der Waals surface area contributed by atoms with Gasteiger partial charge in [-0.15, -0.1) is 0 Å². The molecule has 0 radical (unpaired) electrons. The second-order valence-electron chi connectivity index (χ2n) is 5.91. The van der Waals surface area contributed by atoms with Crippen LogP contribution >= 0.6 is 0 Å². The first-order valence-electron chi connectivity index (χ1n) is 7.80. The van der Waals surface area contributed by atoms with Crippen LogP contribution in [0.3, 0.4) is 0 Å². The number of carbonyl (C=O) groups excluding carboxylic acids is 3. The number of rotatable bonds is 3. The Morgan fingerprint density at radius 3 is 2.25 bits per heavy atom. The highest BCUT2D eigenvalue weighted by Gasteiger charge is 2.45. The lowest BCUT2D eigenvalue weighted by Gasteiger charge is -2.38. The van der Waals surface area contributed by atoms with Crippen LogP contribution in [0.2, 0.25) is 0 Å². The minimum Gasteiger partial charge on any atom is -0.469 e. The molecule has 1 aromatic rings. The van der Waals surface area contributed by atoms with Gasteiger partial charge in [0.15, 0.2) is 0 Å². The quantitative estimate of drug-likeness (QED) is 0.750. The molecule has 2 rings (SSSR count). The van der Waals surface area contributed by atoms with Crippen molar-refractivity contribution in [1.82, 2.24) is 14.7 Å². The third-order valence-electron chi connectivity index (χ3n) is 4.56. The molecule has 0 saturated carbocycles. The lowest BCUT2D eigenvalue weighted by Crippen LogP contribution is -2.55. The number of ether oxygens (including phenoxy) is 2. The van der Waals surface area contributed by atoms with Gasteiger partial charge in [-0.25, -0.2) is 4.79 Å². The van der Waals surface area contributed by atoms with Crippen LogP contribution in [0.1, 0.15) is 34.6 Å². The average molecular weight is 337 g/mol. The van der Waals surface area contributed by atoms with E-state index in [1.54, 1.807) is 25.6 Å². The Morgan fingerprint density at radius 1 is 1.12 bits per heavy atom. The number of piperidine rings is 1. The third kappa shape index (κ3) is 3.00. The molecule has 8 heteroatoms. The zero-order valence-electron chi connectivity index (χ0n) is 14.7. The summed E-state index contributed by atoms with van der Waals surface area (Å²) >= 11 is 0. The van der Waals surface area contributed by atoms with Gasteiger partial charge in [0.25, 0.3) is 5.91 Å². The molecular weight excluding hydrogens is 314 g/mol. The van der Waals surface area contributed by atoms with Gasteiger partial charge in [0.1, 0.15) is 6.04 Å². The minimum absolute atomic E-state index is 0.317. The molecule has 0 aliphatic carbocycles. The van der Waals surface area contributed by atoms with Crippen LogP contribution < -0.4 is 0 Å². The first-order valence-corrected chi connectivity index (χ1v) is 7.80. The molecule has 24 heavy (non-hydrogen) atoms. The van der Waals surface area contributed by atoms with Gasteiger partial charge in [0, 0.05) is 19.3 Å². The summed E-state index contributed by atoms with van der Waals surface area (Å²) in [6, 6.07) is -0.984. The third-order valence-corrected chi connectivity index (χ3v) is 4.56. The first-order chi connectivity index (χ1) is 11.3. The largest absolute Gasteiger partial charge is 0.469 e. The van der Waals surface area contributed by atoms with Crippen molar-refractivity contribution in [3.8, 4) is 0 Å². The molecule has 0 unspecified atom stereocenters. The molecule has 0 bridgehead atoms. The SMILES string of the molecule is COC(=O)[C@H]1CCCN(C(=O)c2c(C)nn(C)c2C)[C@@H]1C(=O)OC. The fourth-order valence-electron chi connectivity index (χ4n) is 3.26. The van der Waals surface area contributed by atoms with E-state index in [1.165, 1.54) is 19.1 Å². The highest BCUT2D eigenvalue weighted by molar-refractivity contribution is 6.00. The van der Waals surface area contributed by atoms with Gasteiger partial charge in [0.05, 0.1) is 31.4 Å². The first kappa shape index (κ1) is 18.0. The van der Waals surface area contributed by atoms with E-state index in [-0.39, 0.29) is 5.91 Å². The van der Waals surface area contributed by atoms with E-state index < -0.39 is 23.9 Å². The molecule has 1 aliphatic heterocycles. The molecule has 0 spiro atoms. The predicted octanol–water partition coefficient (Wildman–Crippen LogP) is 0.604. The second-order valence-corrected chi connectivity index (χ2v) is 5.91. The summed E-state index contributed by atoms with van der Waals surface area (Å²) < 4.78 is 11.3. The summed E-state index contributed by atoms with van der Waals surface area (Å²) in [6.45, 7) is 3.91. The number of aromatic nitrogens is 2. The van der Waals surface area contributed by atoms with Crippen molar-refractivity contribution in [2.24, 2.45) is 13.0 Å². The fraction of sp³-hybridized carbons (Fsp3) is 0.625. The maximum absolute atomic E-state index is 13.1. The van der Waals surface area contributed by atoms with Gasteiger partial charge < -0.3 is 14.4 Å². The molecule has 1 amide bonds. The van der Waals surface area contributed by atoms with Gasteiger partial charge in [-0.1, -0.05) is 0 Å². The predicted molar refractivity (Wildman–Crippen MR) is 84.3 cm³/mol. The zero-order chi connectivity index (χ0) is 18.0. The zero-order valence-corrected chi connectivity index (χ0v) is 14.7. The molecule has 1 saturated heterocycles. The van der Waals surface area contributed by atoms with Gasteiger partial charge in [-0.05, 0) is 26.7 Å². The van der Waals surface area contributed by atoms with E-state index in [0.717, 1.165) is 0 Å². The average Bonchev–Trinajstić information content (AvgIpc) is 2.84. The maximum atomic E-state index is 13.1. The van der Waals surface area contributed by atoms with Crippen molar-refractivity contribution in [3.63, 3.8) is 0 Å². The van der Waals surface area contributed by atoms with E-state index in [9.17, 15) is 14.4 Å². The van der Waals surface area contributed by atoms with Gasteiger partial charge in [0.2, 0.25) is 0 Å². The Labute approximate surface area is 140 Å². The Hall–Kier alpha value is -2.38. The van der Waals surface area contributed by atoms with E-state index in [0.29, 0.717) is 36.3 Å². The van der Waals surface area contributed by atoms with Crippen molar-refractivity contribution < 1.29 is 23.9 Å². The normalized spacial score (nSPS) is 20.6. The lowest BCUT2D eigenvalue weighted by molar-refractivity contribution is -0.160. The monoisotopic (exact) mass is 337 g/mol. The van der Waals surface area contributed by atoms with Crippen LogP contribution in [0.4, 0.5) is 0 Å². The molecule has 1 fully saturated rings. The van der Waals surface area contributed by atoms with Crippen LogP contribution in [-0.4, -0.2) is 59.3 Å². The summed E-state index contributed by atoms with van der Waals surface area (Å²) in [7, 11) is 4.27. The standard InChI is InChI=1S/C16H23N3O5/c1-9-12(10(2)18(3)17-9)14(20)19-8-6-7-11(15(21)23-4)13(19)16(22)24-5/h11,13H,6-8H2,1-5H3/t11-,13-/m0/s1. The molecular formula is C16H23N3O5. The number of nitrogens with zero attached hydrogens (tertiary/aromatic N) is 3. The molecule has 0 aromatic carbocycles. The number of likely N-dealkylation sites (tertiary alicyclic amines) is 1. The number of methoxy groups -OCH3 is 2. The minimum atomic E-state index is -0.984. The molecule has 2 heterocycles. The summed E-state index contributed by atoms with van der Waals surface area (Å²) in [5.74, 6) is -2.17. The molecule has 132 valence electrons. The summed E-state index contributed by atoms with van der Waals surface area (Å²) in [4.78, 5) is 38.8. The van der Waals surface area contributed by atoms with Crippen molar-refractivity contribution >= 4 is 17.8 Å². The molecule has 2 atom stereocenters. The van der Waals surface area contributed by atoms with Crippen molar-refractivity contribution in [2.45, 2.75) is 32.7 Å². The highest BCUT2D eigenvalue weighted by atomic mass is 16.5. The Bertz CT molecular complexity index is 667. The fourth-order valence-corrected chi connectivity index (χ4v) is 3.26. The van der Waals surface area contributed by atoms with E-state index in [1.807, 2.05) is 0 Å². The van der Waals surface area contributed by atoms with Crippen molar-refractivity contribution in [3.05, 3.63) is 17.0 Å². The lowest BCUT2D eigenvalue weighted by atomic mass is 9.88. The smallest absolute Gasteiger partial charge is 0.329 e. The van der Waals surface area contributed by atoms with Crippen LogP contribution in [0.5, 0.6) is 0 Å². The van der Waals surface area contributed by atoms with E-state index >= 15 is 0 Å². The van der Waals surface area contributed by atoms with Gasteiger partial charge in [-0.2, -0.15) is 5.10 Å². The van der Waals surface area contributed by atoms with Crippen molar-refractivity contribution in [1.29, 1.82) is 0 Å². The Morgan fingerprint density at radius 2 is 1.75 bits per heavy atom. The van der Waals surface area contributed by atoms with Gasteiger partial charge >= 0.3 is 11.9 Å². The number of carbonyl (C=O) groups is 3.